The predicted molar refractivity (Wildman–Crippen MR) is 79.6 cm³/mol. The fraction of sp³-hybridized carbons (Fsp3) is 0.429. The number of nitrogens with zero attached hydrogens (tertiary/aromatic N) is 1. The van der Waals surface area contributed by atoms with Crippen LogP contribution < -0.4 is 0 Å². The van der Waals surface area contributed by atoms with Crippen molar-refractivity contribution in [1.29, 1.82) is 0 Å². The van der Waals surface area contributed by atoms with Gasteiger partial charge in [0.05, 0.1) is 17.1 Å². The van der Waals surface area contributed by atoms with Crippen molar-refractivity contribution >= 4 is 27.9 Å². The van der Waals surface area contributed by atoms with E-state index in [0.717, 1.165) is 28.6 Å². The van der Waals surface area contributed by atoms with Crippen LogP contribution in [0.15, 0.2) is 18.2 Å². The van der Waals surface area contributed by atoms with Crippen LogP contribution in [0, 0.1) is 6.92 Å². The Hall–Kier alpha value is -1.37. The number of rotatable bonds is 5. The number of hydrogen-bond donors (Lipinski definition) is 3. The summed E-state index contributed by atoms with van der Waals surface area (Å²) in [5, 5.41) is 20.1. The van der Waals surface area contributed by atoms with Crippen LogP contribution in [0.3, 0.4) is 0 Å². The summed E-state index contributed by atoms with van der Waals surface area (Å²) in [6.07, 6.45) is -1.48. The lowest BCUT2D eigenvalue weighted by Crippen LogP contribution is -2.19. The number of fused-ring (bicyclic) bond motifs is 1. The molecule has 2 atom stereocenters. The van der Waals surface area contributed by atoms with Crippen LogP contribution in [0.4, 0.5) is 0 Å². The molecule has 1 heterocycles. The van der Waals surface area contributed by atoms with Crippen molar-refractivity contribution in [2.75, 3.05) is 5.75 Å². The van der Waals surface area contributed by atoms with Crippen molar-refractivity contribution in [3.8, 4) is 0 Å². The zero-order chi connectivity index (χ0) is 14.7. The van der Waals surface area contributed by atoms with Crippen molar-refractivity contribution in [2.24, 2.45) is 0 Å². The molecule has 2 rings (SSSR count). The average Bonchev–Trinajstić information content (AvgIpc) is 2.76. The van der Waals surface area contributed by atoms with Crippen molar-refractivity contribution in [2.45, 2.75) is 32.5 Å². The zero-order valence-electron chi connectivity index (χ0n) is 11.5. The van der Waals surface area contributed by atoms with Gasteiger partial charge in [-0.2, -0.15) is 0 Å². The number of hydrogen-bond acceptors (Lipinski definition) is 5. The molecule has 5 nitrogen and oxygen atoms in total. The summed E-state index contributed by atoms with van der Waals surface area (Å²) < 4.78 is 0. The van der Waals surface area contributed by atoms with Gasteiger partial charge in [-0.3, -0.25) is 4.79 Å². The van der Waals surface area contributed by atoms with E-state index in [-0.39, 0.29) is 5.12 Å². The summed E-state index contributed by atoms with van der Waals surface area (Å²) in [6.45, 7) is 3.35. The van der Waals surface area contributed by atoms with Crippen LogP contribution in [0.25, 0.3) is 11.0 Å². The molecule has 0 fully saturated rings. The normalized spacial score (nSPS) is 14.4. The van der Waals surface area contributed by atoms with Gasteiger partial charge in [0.2, 0.25) is 0 Å². The number of H-pyrrole nitrogens is 1. The third kappa shape index (κ3) is 3.59. The van der Waals surface area contributed by atoms with Crippen LogP contribution >= 0.6 is 11.8 Å². The van der Waals surface area contributed by atoms with Crippen LogP contribution in [-0.2, 0) is 4.79 Å². The third-order valence-corrected chi connectivity index (χ3v) is 3.90. The maximum atomic E-state index is 10.8. The Morgan fingerprint density at radius 1 is 1.45 bits per heavy atom. The molecule has 0 amide bonds. The average molecular weight is 294 g/mol. The molecule has 6 heteroatoms. The Balaban J connectivity index is 2.05. The van der Waals surface area contributed by atoms with Crippen LogP contribution in [-0.4, -0.2) is 37.2 Å². The Morgan fingerprint density at radius 3 is 2.90 bits per heavy atom. The second-order valence-corrected chi connectivity index (χ2v) is 6.01. The number of aliphatic hydroxyl groups is 2. The van der Waals surface area contributed by atoms with Gasteiger partial charge in [-0.05, 0) is 31.0 Å². The van der Waals surface area contributed by atoms with Gasteiger partial charge in [0.1, 0.15) is 11.9 Å². The molecule has 0 radical (unpaired) electrons. The molecule has 108 valence electrons. The van der Waals surface area contributed by atoms with E-state index in [1.807, 2.05) is 13.0 Å². The van der Waals surface area contributed by atoms with E-state index < -0.39 is 12.2 Å². The lowest BCUT2D eigenvalue weighted by molar-refractivity contribution is -0.109. The van der Waals surface area contributed by atoms with Crippen molar-refractivity contribution < 1.29 is 15.0 Å². The van der Waals surface area contributed by atoms with E-state index in [2.05, 4.69) is 9.97 Å². The van der Waals surface area contributed by atoms with Crippen LogP contribution in [0.1, 0.15) is 30.8 Å². The minimum atomic E-state index is -0.962. The fourth-order valence-corrected chi connectivity index (χ4v) is 2.69. The second-order valence-electron chi connectivity index (χ2n) is 4.74. The van der Waals surface area contributed by atoms with Gasteiger partial charge in [-0.15, -0.1) is 0 Å². The molecule has 20 heavy (non-hydrogen) atoms. The first-order valence-electron chi connectivity index (χ1n) is 6.43. The molecular formula is C14H18N2O3S. The highest BCUT2D eigenvalue weighted by Gasteiger charge is 2.19. The quantitative estimate of drug-likeness (QED) is 0.784. The van der Waals surface area contributed by atoms with Crippen LogP contribution in [0.5, 0.6) is 0 Å². The first-order valence-corrected chi connectivity index (χ1v) is 7.41. The summed E-state index contributed by atoms with van der Waals surface area (Å²) in [4.78, 5) is 18.2. The van der Waals surface area contributed by atoms with Gasteiger partial charge in [-0.1, -0.05) is 17.8 Å². The molecule has 3 N–H and O–H groups in total. The highest BCUT2D eigenvalue weighted by molar-refractivity contribution is 8.13. The van der Waals surface area contributed by atoms with Gasteiger partial charge in [0.15, 0.2) is 5.12 Å². The molecule has 2 unspecified atom stereocenters. The highest BCUT2D eigenvalue weighted by atomic mass is 32.2. The maximum absolute atomic E-state index is 10.8. The number of imidazole rings is 1. The van der Waals surface area contributed by atoms with Crippen LogP contribution in [0.2, 0.25) is 0 Å². The van der Waals surface area contributed by atoms with Gasteiger partial charge in [0.25, 0.3) is 0 Å². The number of carbonyl (C=O) groups is 1. The van der Waals surface area contributed by atoms with Gasteiger partial charge < -0.3 is 15.2 Å². The predicted octanol–water partition coefficient (Wildman–Crippen LogP) is 1.94. The molecule has 0 spiro atoms. The topological polar surface area (TPSA) is 86.2 Å². The summed E-state index contributed by atoms with van der Waals surface area (Å²) >= 11 is 1.15. The number of aromatic nitrogens is 2. The molecule has 1 aromatic carbocycles. The van der Waals surface area contributed by atoms with E-state index >= 15 is 0 Å². The maximum Gasteiger partial charge on any atom is 0.185 e. The molecule has 2 aromatic rings. The Kier molecular flexibility index (Phi) is 4.80. The molecule has 1 aromatic heterocycles. The largest absolute Gasteiger partial charge is 0.390 e. The van der Waals surface area contributed by atoms with Crippen molar-refractivity contribution in [3.05, 3.63) is 29.6 Å². The highest BCUT2D eigenvalue weighted by Crippen LogP contribution is 2.23. The molecule has 0 aliphatic rings. The van der Waals surface area contributed by atoms with E-state index in [4.69, 9.17) is 0 Å². The minimum absolute atomic E-state index is 0.0149. The van der Waals surface area contributed by atoms with E-state index in [0.29, 0.717) is 17.7 Å². The number of aromatic amines is 1. The Morgan fingerprint density at radius 2 is 2.20 bits per heavy atom. The standard InChI is InChI=1S/C14H18N2O3S/c1-8-15-11-4-3-10(7-12(11)16-8)14(19)13(18)5-6-20-9(2)17/h3-4,7,13-14,18-19H,5-6H2,1-2H3,(H,15,16). The summed E-state index contributed by atoms with van der Waals surface area (Å²) in [5.74, 6) is 1.31. The SMILES string of the molecule is CC(=O)SCCC(O)C(O)c1ccc2nc(C)[nH]c2c1. The number of aliphatic hydroxyl groups excluding tert-OH is 2. The van der Waals surface area contributed by atoms with E-state index in [9.17, 15) is 15.0 Å². The molecular weight excluding hydrogens is 276 g/mol. The number of benzene rings is 1. The Labute approximate surface area is 121 Å². The molecule has 0 aliphatic carbocycles. The van der Waals surface area contributed by atoms with E-state index in [1.54, 1.807) is 12.1 Å². The van der Waals surface area contributed by atoms with E-state index in [1.165, 1.54) is 6.92 Å². The number of thioether (sulfide) groups is 1. The molecule has 0 saturated heterocycles. The van der Waals surface area contributed by atoms with Gasteiger partial charge in [-0.25, -0.2) is 4.98 Å². The lowest BCUT2D eigenvalue weighted by atomic mass is 10.0. The molecule has 0 aliphatic heterocycles. The number of nitrogens with one attached hydrogen (secondary N) is 1. The summed E-state index contributed by atoms with van der Waals surface area (Å²) in [6, 6.07) is 5.37. The summed E-state index contributed by atoms with van der Waals surface area (Å²) in [7, 11) is 0. The Bertz CT molecular complexity index is 611. The summed E-state index contributed by atoms with van der Waals surface area (Å²) in [5.41, 5.74) is 2.31. The first kappa shape index (κ1) is 15.0. The molecule has 0 saturated carbocycles. The second kappa shape index (κ2) is 6.39. The van der Waals surface area contributed by atoms with Gasteiger partial charge in [0, 0.05) is 12.7 Å². The fourth-order valence-electron chi connectivity index (χ4n) is 2.04. The third-order valence-electron chi connectivity index (χ3n) is 3.05. The lowest BCUT2D eigenvalue weighted by Gasteiger charge is -2.17. The number of carbonyl (C=O) groups excluding carboxylic acids is 1. The number of aryl methyl sites for hydroxylation is 1. The first-order chi connectivity index (χ1) is 9.47. The zero-order valence-corrected chi connectivity index (χ0v) is 12.3. The monoisotopic (exact) mass is 294 g/mol. The smallest absolute Gasteiger partial charge is 0.185 e. The minimum Gasteiger partial charge on any atom is -0.390 e. The van der Waals surface area contributed by atoms with Crippen molar-refractivity contribution in [1.82, 2.24) is 9.97 Å². The van der Waals surface area contributed by atoms with Gasteiger partial charge >= 0.3 is 0 Å². The molecule has 0 bridgehead atoms. The van der Waals surface area contributed by atoms with Crippen molar-refractivity contribution in [3.63, 3.8) is 0 Å².